The van der Waals surface area contributed by atoms with Gasteiger partial charge in [0.15, 0.2) is 0 Å². The molecule has 0 bridgehead atoms. The molecule has 1 aromatic heterocycles. The Morgan fingerprint density at radius 1 is 1.73 bits per heavy atom. The molecule has 0 saturated heterocycles. The van der Waals surface area contributed by atoms with E-state index in [2.05, 4.69) is 9.68 Å². The molecule has 0 fully saturated rings. The summed E-state index contributed by atoms with van der Waals surface area (Å²) in [4.78, 5) is 10.5. The number of nitrogens with zero attached hydrogens (tertiary/aromatic N) is 1. The lowest BCUT2D eigenvalue weighted by atomic mass is 10.1. The Labute approximate surface area is 64.4 Å². The first-order chi connectivity index (χ1) is 5.11. The summed E-state index contributed by atoms with van der Waals surface area (Å²) in [6, 6.07) is 1.56. The third kappa shape index (κ3) is 1.58. The number of primary amides is 1. The zero-order chi connectivity index (χ0) is 8.43. The highest BCUT2D eigenvalue weighted by atomic mass is 16.5. The minimum Gasteiger partial charge on any atom is -0.363 e. The molecule has 0 aliphatic rings. The fourth-order valence-corrected chi connectivity index (χ4v) is 0.677. The van der Waals surface area contributed by atoms with Gasteiger partial charge in [0, 0.05) is 6.07 Å². The van der Waals surface area contributed by atoms with Crippen LogP contribution in [0.3, 0.4) is 0 Å². The molecule has 1 heterocycles. The minimum absolute atomic E-state index is 0.119. The fraction of sp³-hybridized carbons (Fsp3) is 0.429. The van der Waals surface area contributed by atoms with Crippen LogP contribution in [0, 0.1) is 0 Å². The topological polar surface area (TPSA) is 69.1 Å². The summed E-state index contributed by atoms with van der Waals surface area (Å²) in [5, 5.41) is 3.66. The Hall–Kier alpha value is -1.32. The molecule has 2 N–H and O–H groups in total. The molecule has 0 aromatic carbocycles. The Bertz CT molecular complexity index is 265. The summed E-state index contributed by atoms with van der Waals surface area (Å²) in [7, 11) is 0. The van der Waals surface area contributed by atoms with E-state index in [0.29, 0.717) is 0 Å². The molecule has 1 aromatic rings. The number of nitrogens with two attached hydrogens (primary N) is 1. The van der Waals surface area contributed by atoms with E-state index in [1.807, 2.05) is 13.8 Å². The van der Waals surface area contributed by atoms with Gasteiger partial charge in [-0.25, -0.2) is 0 Å². The molecule has 0 aliphatic carbocycles. The van der Waals surface area contributed by atoms with Crippen molar-refractivity contribution in [3.63, 3.8) is 0 Å². The molecule has 0 saturated carbocycles. The fourth-order valence-electron chi connectivity index (χ4n) is 0.677. The van der Waals surface area contributed by atoms with Crippen LogP contribution in [-0.2, 0) is 0 Å². The highest BCUT2D eigenvalue weighted by Crippen LogP contribution is 2.13. The van der Waals surface area contributed by atoms with Gasteiger partial charge in [-0.05, 0) is 5.92 Å². The molecule has 4 nitrogen and oxygen atoms in total. The van der Waals surface area contributed by atoms with E-state index in [1.54, 1.807) is 6.07 Å². The molecular weight excluding hydrogens is 144 g/mol. The van der Waals surface area contributed by atoms with Gasteiger partial charge in [-0.15, -0.1) is 0 Å². The van der Waals surface area contributed by atoms with Gasteiger partial charge in [0.1, 0.15) is 0 Å². The van der Waals surface area contributed by atoms with Crippen LogP contribution < -0.4 is 5.73 Å². The van der Waals surface area contributed by atoms with Crippen molar-refractivity contribution in [2.75, 3.05) is 0 Å². The van der Waals surface area contributed by atoms with Crippen LogP contribution in [0.4, 0.5) is 0 Å². The van der Waals surface area contributed by atoms with Crippen molar-refractivity contribution in [1.29, 1.82) is 0 Å². The van der Waals surface area contributed by atoms with Gasteiger partial charge in [-0.1, -0.05) is 19.0 Å². The highest BCUT2D eigenvalue weighted by molar-refractivity contribution is 5.89. The van der Waals surface area contributed by atoms with E-state index in [1.165, 1.54) is 0 Å². The maximum absolute atomic E-state index is 10.5. The first-order valence-electron chi connectivity index (χ1n) is 3.37. The number of amides is 1. The van der Waals surface area contributed by atoms with Crippen LogP contribution in [0.15, 0.2) is 10.6 Å². The summed E-state index contributed by atoms with van der Waals surface area (Å²) in [5.41, 5.74) is 5.70. The smallest absolute Gasteiger partial charge is 0.287 e. The van der Waals surface area contributed by atoms with E-state index in [4.69, 9.17) is 5.73 Å². The van der Waals surface area contributed by atoms with Gasteiger partial charge < -0.3 is 10.3 Å². The molecule has 0 aliphatic heterocycles. The van der Waals surface area contributed by atoms with Crippen LogP contribution in [0.1, 0.15) is 36.0 Å². The Balaban J connectivity index is 2.90. The van der Waals surface area contributed by atoms with Crippen LogP contribution >= 0.6 is 0 Å². The summed E-state index contributed by atoms with van der Waals surface area (Å²) in [6.07, 6.45) is 0. The van der Waals surface area contributed by atoms with Crippen molar-refractivity contribution >= 4 is 5.91 Å². The maximum atomic E-state index is 10.5. The van der Waals surface area contributed by atoms with Gasteiger partial charge >= 0.3 is 0 Å². The third-order valence-electron chi connectivity index (χ3n) is 1.36. The zero-order valence-corrected chi connectivity index (χ0v) is 6.50. The number of hydrogen-bond donors (Lipinski definition) is 1. The number of aromatic nitrogens is 1. The lowest BCUT2D eigenvalue weighted by Crippen LogP contribution is -2.09. The van der Waals surface area contributed by atoms with Gasteiger partial charge in [0.05, 0.1) is 5.69 Å². The Morgan fingerprint density at radius 3 is 2.64 bits per heavy atom. The Morgan fingerprint density at radius 2 is 2.36 bits per heavy atom. The predicted octanol–water partition coefficient (Wildman–Crippen LogP) is 0.897. The first-order valence-corrected chi connectivity index (χ1v) is 3.37. The average molecular weight is 154 g/mol. The molecule has 1 rings (SSSR count). The normalized spacial score (nSPS) is 10.5. The van der Waals surface area contributed by atoms with E-state index >= 15 is 0 Å². The molecule has 0 atom stereocenters. The molecule has 11 heavy (non-hydrogen) atoms. The first kappa shape index (κ1) is 7.78. The second-order valence-corrected chi connectivity index (χ2v) is 2.63. The lowest BCUT2D eigenvalue weighted by molar-refractivity contribution is 0.0965. The maximum Gasteiger partial charge on any atom is 0.287 e. The molecule has 0 spiro atoms. The van der Waals surface area contributed by atoms with Crippen LogP contribution in [-0.4, -0.2) is 11.1 Å². The van der Waals surface area contributed by atoms with Crippen molar-refractivity contribution in [3.05, 3.63) is 17.5 Å². The average Bonchev–Trinajstić information content (AvgIpc) is 2.33. The largest absolute Gasteiger partial charge is 0.363 e. The van der Waals surface area contributed by atoms with Gasteiger partial charge in [0.25, 0.3) is 5.91 Å². The van der Waals surface area contributed by atoms with Crippen molar-refractivity contribution in [2.24, 2.45) is 5.73 Å². The van der Waals surface area contributed by atoms with E-state index in [-0.39, 0.29) is 11.7 Å². The molecule has 1 amide bonds. The SMILES string of the molecule is CC(C)c1cc(C(N)=O)on1. The predicted molar refractivity (Wildman–Crippen MR) is 39.1 cm³/mol. The zero-order valence-electron chi connectivity index (χ0n) is 6.50. The second kappa shape index (κ2) is 2.74. The third-order valence-corrected chi connectivity index (χ3v) is 1.36. The van der Waals surface area contributed by atoms with E-state index in [0.717, 1.165) is 5.69 Å². The highest BCUT2D eigenvalue weighted by Gasteiger charge is 2.10. The molecule has 4 heteroatoms. The molecule has 0 unspecified atom stereocenters. The van der Waals surface area contributed by atoms with E-state index < -0.39 is 5.91 Å². The Kier molecular flexibility index (Phi) is 1.94. The van der Waals surface area contributed by atoms with Crippen molar-refractivity contribution in [2.45, 2.75) is 19.8 Å². The van der Waals surface area contributed by atoms with Crippen molar-refractivity contribution < 1.29 is 9.32 Å². The van der Waals surface area contributed by atoms with Crippen molar-refractivity contribution in [1.82, 2.24) is 5.16 Å². The van der Waals surface area contributed by atoms with Crippen LogP contribution in [0.2, 0.25) is 0 Å². The summed E-state index contributed by atoms with van der Waals surface area (Å²) < 4.78 is 4.66. The van der Waals surface area contributed by atoms with Crippen LogP contribution in [0.5, 0.6) is 0 Å². The number of rotatable bonds is 2. The van der Waals surface area contributed by atoms with Gasteiger partial charge in [0.2, 0.25) is 5.76 Å². The number of hydrogen-bond acceptors (Lipinski definition) is 3. The van der Waals surface area contributed by atoms with Crippen molar-refractivity contribution in [3.8, 4) is 0 Å². The molecule has 60 valence electrons. The van der Waals surface area contributed by atoms with Crippen LogP contribution in [0.25, 0.3) is 0 Å². The van der Waals surface area contributed by atoms with Gasteiger partial charge in [-0.3, -0.25) is 4.79 Å². The lowest BCUT2D eigenvalue weighted by Gasteiger charge is -1.92. The van der Waals surface area contributed by atoms with Gasteiger partial charge in [-0.2, -0.15) is 0 Å². The quantitative estimate of drug-likeness (QED) is 0.687. The second-order valence-electron chi connectivity index (χ2n) is 2.63. The summed E-state index contributed by atoms with van der Waals surface area (Å²) in [6.45, 7) is 3.92. The number of carbonyl (C=O) groups excluding carboxylic acids is 1. The minimum atomic E-state index is -0.579. The summed E-state index contributed by atoms with van der Waals surface area (Å²) in [5.74, 6) is -0.204. The molecule has 0 radical (unpaired) electrons. The monoisotopic (exact) mass is 154 g/mol. The number of carbonyl (C=O) groups is 1. The van der Waals surface area contributed by atoms with E-state index in [9.17, 15) is 4.79 Å². The molecular formula is C7H10N2O2. The standard InChI is InChI=1S/C7H10N2O2/c1-4(2)5-3-6(7(8)10)11-9-5/h3-4H,1-2H3,(H2,8,10). The summed E-state index contributed by atoms with van der Waals surface area (Å²) >= 11 is 0.